The predicted molar refractivity (Wildman–Crippen MR) is 120 cm³/mol. The summed E-state index contributed by atoms with van der Waals surface area (Å²) in [6.07, 6.45) is 2.06. The van der Waals surface area contributed by atoms with Crippen molar-refractivity contribution in [3.05, 3.63) is 60.2 Å². The average Bonchev–Trinajstić information content (AvgIpc) is 2.70. The van der Waals surface area contributed by atoms with E-state index in [0.717, 1.165) is 31.0 Å². The van der Waals surface area contributed by atoms with E-state index in [1.165, 1.54) is 12.5 Å². The maximum Gasteiger partial charge on any atom is 0.221 e. The number of rotatable bonds is 10. The van der Waals surface area contributed by atoms with Crippen molar-refractivity contribution >= 4 is 17.6 Å². The van der Waals surface area contributed by atoms with E-state index in [-0.39, 0.29) is 5.91 Å². The fourth-order valence-corrected chi connectivity index (χ4v) is 2.84. The van der Waals surface area contributed by atoms with E-state index in [2.05, 4.69) is 59.1 Å². The van der Waals surface area contributed by atoms with E-state index in [1.54, 1.807) is 6.07 Å². The Labute approximate surface area is 173 Å². The molecule has 0 saturated heterocycles. The van der Waals surface area contributed by atoms with Crippen molar-refractivity contribution in [3.63, 3.8) is 0 Å². The number of ether oxygens (including phenoxy) is 1. The monoisotopic (exact) mass is 396 g/mol. The van der Waals surface area contributed by atoms with Crippen LogP contribution in [-0.2, 0) is 11.2 Å². The molecular weight excluding hydrogens is 364 g/mol. The van der Waals surface area contributed by atoms with Crippen LogP contribution in [0.4, 0.5) is 5.69 Å². The van der Waals surface area contributed by atoms with Gasteiger partial charge in [-0.15, -0.1) is 0 Å². The highest BCUT2D eigenvalue weighted by atomic mass is 16.5. The molecule has 0 heterocycles. The quantitative estimate of drug-likeness (QED) is 0.326. The van der Waals surface area contributed by atoms with Crippen LogP contribution in [0.5, 0.6) is 5.75 Å². The first kappa shape index (κ1) is 22.3. The Morgan fingerprint density at radius 2 is 1.93 bits per heavy atom. The van der Waals surface area contributed by atoms with Gasteiger partial charge in [0.05, 0.1) is 6.54 Å². The maximum atomic E-state index is 11.2. The highest BCUT2D eigenvalue weighted by Gasteiger charge is 2.06. The van der Waals surface area contributed by atoms with Crippen molar-refractivity contribution in [2.75, 3.05) is 25.0 Å². The summed E-state index contributed by atoms with van der Waals surface area (Å²) in [4.78, 5) is 15.7. The molecule has 0 spiro atoms. The van der Waals surface area contributed by atoms with Crippen LogP contribution in [0.15, 0.2) is 59.6 Å². The van der Waals surface area contributed by atoms with Crippen LogP contribution in [0.1, 0.15) is 32.8 Å². The van der Waals surface area contributed by atoms with Crippen molar-refractivity contribution in [2.45, 2.75) is 39.7 Å². The number of amides is 1. The van der Waals surface area contributed by atoms with Gasteiger partial charge in [-0.25, -0.2) is 4.99 Å². The van der Waals surface area contributed by atoms with Gasteiger partial charge in [-0.3, -0.25) is 4.79 Å². The minimum Gasteiger partial charge on any atom is -0.492 e. The van der Waals surface area contributed by atoms with E-state index >= 15 is 0 Å². The second kappa shape index (κ2) is 12.4. The fourth-order valence-electron chi connectivity index (χ4n) is 2.84. The molecule has 2 rings (SSSR count). The van der Waals surface area contributed by atoms with Crippen molar-refractivity contribution in [1.29, 1.82) is 0 Å². The van der Waals surface area contributed by atoms with Crippen LogP contribution < -0.4 is 20.7 Å². The van der Waals surface area contributed by atoms with Gasteiger partial charge in [0, 0.05) is 31.3 Å². The molecule has 1 amide bonds. The number of carbonyl (C=O) groups is 1. The number of hydrogen-bond acceptors (Lipinski definition) is 3. The molecule has 0 aliphatic heterocycles. The SMILES string of the molecule is CCNC(=NCCOc1cccc(NC(C)=O)c1)NC(C)CCc1ccccc1. The van der Waals surface area contributed by atoms with E-state index in [0.29, 0.717) is 24.9 Å². The Hall–Kier alpha value is -3.02. The first-order valence-corrected chi connectivity index (χ1v) is 10.2. The lowest BCUT2D eigenvalue weighted by Gasteiger charge is -2.18. The second-order valence-corrected chi connectivity index (χ2v) is 6.89. The van der Waals surface area contributed by atoms with Gasteiger partial charge in [-0.05, 0) is 44.4 Å². The summed E-state index contributed by atoms with van der Waals surface area (Å²) in [7, 11) is 0. The molecule has 6 heteroatoms. The third-order valence-corrected chi connectivity index (χ3v) is 4.22. The minimum atomic E-state index is -0.102. The van der Waals surface area contributed by atoms with Crippen LogP contribution in [0.3, 0.4) is 0 Å². The lowest BCUT2D eigenvalue weighted by molar-refractivity contribution is -0.114. The molecule has 0 aliphatic carbocycles. The largest absolute Gasteiger partial charge is 0.492 e. The maximum absolute atomic E-state index is 11.2. The van der Waals surface area contributed by atoms with Gasteiger partial charge in [-0.1, -0.05) is 36.4 Å². The Balaban J connectivity index is 1.78. The molecular formula is C23H32N4O2. The molecule has 29 heavy (non-hydrogen) atoms. The van der Waals surface area contributed by atoms with Gasteiger partial charge in [-0.2, -0.15) is 0 Å². The lowest BCUT2D eigenvalue weighted by Crippen LogP contribution is -2.42. The zero-order valence-electron chi connectivity index (χ0n) is 17.6. The zero-order chi connectivity index (χ0) is 20.9. The van der Waals surface area contributed by atoms with E-state index in [9.17, 15) is 4.79 Å². The molecule has 6 nitrogen and oxygen atoms in total. The molecule has 0 aliphatic rings. The van der Waals surface area contributed by atoms with Gasteiger partial charge in [0.15, 0.2) is 5.96 Å². The normalized spacial score (nSPS) is 12.2. The number of nitrogens with one attached hydrogen (secondary N) is 3. The molecule has 1 unspecified atom stereocenters. The Morgan fingerprint density at radius 3 is 2.66 bits per heavy atom. The van der Waals surface area contributed by atoms with Crippen LogP contribution in [0, 0.1) is 0 Å². The molecule has 3 N–H and O–H groups in total. The van der Waals surface area contributed by atoms with E-state index < -0.39 is 0 Å². The van der Waals surface area contributed by atoms with Crippen LogP contribution in [-0.4, -0.2) is 37.6 Å². The number of hydrogen-bond donors (Lipinski definition) is 3. The summed E-state index contributed by atoms with van der Waals surface area (Å²) in [5.74, 6) is 1.40. The summed E-state index contributed by atoms with van der Waals surface area (Å²) in [6.45, 7) is 7.49. The molecule has 0 saturated carbocycles. The summed E-state index contributed by atoms with van der Waals surface area (Å²) >= 11 is 0. The predicted octanol–water partition coefficient (Wildman–Crippen LogP) is 3.60. The van der Waals surface area contributed by atoms with Gasteiger partial charge in [0.1, 0.15) is 12.4 Å². The Bertz CT molecular complexity index is 777. The Kier molecular flexibility index (Phi) is 9.55. The number of benzene rings is 2. The number of anilines is 1. The highest BCUT2D eigenvalue weighted by Crippen LogP contribution is 2.17. The number of aliphatic imine (C=N–C) groups is 1. The first-order valence-electron chi connectivity index (χ1n) is 10.2. The van der Waals surface area contributed by atoms with E-state index in [4.69, 9.17) is 4.74 Å². The van der Waals surface area contributed by atoms with Gasteiger partial charge < -0.3 is 20.7 Å². The van der Waals surface area contributed by atoms with E-state index in [1.807, 2.05) is 24.3 Å². The third-order valence-electron chi connectivity index (χ3n) is 4.22. The van der Waals surface area contributed by atoms with Crippen LogP contribution in [0.25, 0.3) is 0 Å². The number of guanidine groups is 1. The van der Waals surface area contributed by atoms with Crippen molar-refractivity contribution in [3.8, 4) is 5.75 Å². The fraction of sp³-hybridized carbons (Fsp3) is 0.391. The number of carbonyl (C=O) groups excluding carboxylic acids is 1. The summed E-state index contributed by atoms with van der Waals surface area (Å²) in [5.41, 5.74) is 2.07. The first-order chi connectivity index (χ1) is 14.1. The number of nitrogens with zero attached hydrogens (tertiary/aromatic N) is 1. The molecule has 156 valence electrons. The van der Waals surface area contributed by atoms with Crippen LogP contribution >= 0.6 is 0 Å². The van der Waals surface area contributed by atoms with Crippen molar-refractivity contribution in [1.82, 2.24) is 10.6 Å². The Morgan fingerprint density at radius 1 is 1.14 bits per heavy atom. The molecule has 2 aromatic carbocycles. The van der Waals surface area contributed by atoms with Crippen LogP contribution in [0.2, 0.25) is 0 Å². The smallest absolute Gasteiger partial charge is 0.221 e. The second-order valence-electron chi connectivity index (χ2n) is 6.89. The third kappa shape index (κ3) is 9.14. The molecule has 0 bridgehead atoms. The van der Waals surface area contributed by atoms with Gasteiger partial charge in [0.2, 0.25) is 5.91 Å². The van der Waals surface area contributed by atoms with Crippen molar-refractivity contribution < 1.29 is 9.53 Å². The molecule has 0 radical (unpaired) electrons. The molecule has 0 aromatic heterocycles. The summed E-state index contributed by atoms with van der Waals surface area (Å²) in [6, 6.07) is 18.2. The van der Waals surface area contributed by atoms with Gasteiger partial charge >= 0.3 is 0 Å². The summed E-state index contributed by atoms with van der Waals surface area (Å²) in [5, 5.41) is 9.48. The zero-order valence-corrected chi connectivity index (χ0v) is 17.6. The molecule has 1 atom stereocenters. The average molecular weight is 397 g/mol. The molecule has 2 aromatic rings. The molecule has 0 fully saturated rings. The summed E-state index contributed by atoms with van der Waals surface area (Å²) < 4.78 is 5.75. The minimum absolute atomic E-state index is 0.102. The standard InChI is InChI=1S/C23H32N4O2/c1-4-24-23(26-18(2)13-14-20-9-6-5-7-10-20)25-15-16-29-22-12-8-11-21(17-22)27-19(3)28/h5-12,17-18H,4,13-16H2,1-3H3,(H,27,28)(H2,24,25,26). The lowest BCUT2D eigenvalue weighted by atomic mass is 10.1. The van der Waals surface area contributed by atoms with Crippen molar-refractivity contribution in [2.24, 2.45) is 4.99 Å². The highest BCUT2D eigenvalue weighted by molar-refractivity contribution is 5.88. The van der Waals surface area contributed by atoms with Gasteiger partial charge in [0.25, 0.3) is 0 Å². The number of aryl methyl sites for hydroxylation is 1. The topological polar surface area (TPSA) is 74.8 Å².